The van der Waals surface area contributed by atoms with E-state index in [4.69, 9.17) is 0 Å². The smallest absolute Gasteiger partial charge is 0.252 e. The van der Waals surface area contributed by atoms with Crippen molar-refractivity contribution in [1.82, 2.24) is 30.0 Å². The maximum absolute atomic E-state index is 12.5. The Kier molecular flexibility index (Phi) is 5.10. The van der Waals surface area contributed by atoms with E-state index in [-0.39, 0.29) is 5.91 Å². The van der Waals surface area contributed by atoms with E-state index in [1.54, 1.807) is 4.68 Å². The second kappa shape index (κ2) is 7.28. The Morgan fingerprint density at radius 2 is 1.96 bits per heavy atom. The third kappa shape index (κ3) is 4.21. The molecule has 1 saturated heterocycles. The van der Waals surface area contributed by atoms with Gasteiger partial charge in [0.05, 0.1) is 12.2 Å². The van der Waals surface area contributed by atoms with Crippen molar-refractivity contribution >= 4 is 11.7 Å². The van der Waals surface area contributed by atoms with Crippen LogP contribution in [0.4, 0.5) is 5.82 Å². The van der Waals surface area contributed by atoms with E-state index in [0.29, 0.717) is 24.4 Å². The number of hydrogen-bond acceptors (Lipinski definition) is 6. The molecule has 0 aromatic carbocycles. The van der Waals surface area contributed by atoms with Gasteiger partial charge in [-0.25, -0.2) is 9.97 Å². The molecule has 1 fully saturated rings. The Bertz CT molecular complexity index is 750. The number of nitrogens with one attached hydrogen (secondary N) is 2. The van der Waals surface area contributed by atoms with Crippen molar-refractivity contribution in [2.45, 2.75) is 33.7 Å². The molecule has 0 unspecified atom stereocenters. The molecular formula is C17H25N7O. The first kappa shape index (κ1) is 17.5. The average Bonchev–Trinajstić information content (AvgIpc) is 2.89. The number of nitrogens with zero attached hydrogens (tertiary/aromatic N) is 5. The molecule has 0 spiro atoms. The number of aryl methyl sites for hydroxylation is 3. The second-order valence-electron chi connectivity index (χ2n) is 6.61. The molecule has 0 bridgehead atoms. The maximum Gasteiger partial charge on any atom is 0.252 e. The molecule has 2 aromatic heterocycles. The fourth-order valence-electron chi connectivity index (χ4n) is 3.03. The van der Waals surface area contributed by atoms with E-state index in [9.17, 15) is 4.79 Å². The first-order chi connectivity index (χ1) is 11.9. The minimum Gasteiger partial charge on any atom is -0.314 e. The number of amides is 1. The van der Waals surface area contributed by atoms with Crippen LogP contribution >= 0.6 is 0 Å². The van der Waals surface area contributed by atoms with E-state index in [0.717, 1.165) is 36.7 Å². The van der Waals surface area contributed by atoms with Crippen LogP contribution in [-0.2, 0) is 4.79 Å². The minimum absolute atomic E-state index is 0.0562. The number of anilines is 1. The molecule has 25 heavy (non-hydrogen) atoms. The largest absolute Gasteiger partial charge is 0.314 e. The second-order valence-corrected chi connectivity index (χ2v) is 6.61. The molecule has 1 aliphatic heterocycles. The van der Waals surface area contributed by atoms with E-state index in [1.165, 1.54) is 0 Å². The topological polar surface area (TPSA) is 88.0 Å². The SMILES string of the molecule is Cc1cc(C)nc(-n2nc(C)cc2NC(=O)CN2CCNC[C@@H]2C)n1. The third-order valence-corrected chi connectivity index (χ3v) is 4.24. The molecule has 0 saturated carbocycles. The van der Waals surface area contributed by atoms with Crippen LogP contribution in [0.3, 0.4) is 0 Å². The summed E-state index contributed by atoms with van der Waals surface area (Å²) >= 11 is 0. The highest BCUT2D eigenvalue weighted by Gasteiger charge is 2.21. The number of carbonyl (C=O) groups excluding carboxylic acids is 1. The van der Waals surface area contributed by atoms with Gasteiger partial charge in [-0.15, -0.1) is 0 Å². The summed E-state index contributed by atoms with van der Waals surface area (Å²) in [5, 5.41) is 10.7. The number of piperazine rings is 1. The summed E-state index contributed by atoms with van der Waals surface area (Å²) < 4.78 is 1.59. The highest BCUT2D eigenvalue weighted by Crippen LogP contribution is 2.15. The van der Waals surface area contributed by atoms with Gasteiger partial charge in [0.1, 0.15) is 5.82 Å². The Hall–Kier alpha value is -2.32. The van der Waals surface area contributed by atoms with Gasteiger partial charge in [0.15, 0.2) is 0 Å². The van der Waals surface area contributed by atoms with Crippen LogP contribution < -0.4 is 10.6 Å². The van der Waals surface area contributed by atoms with Crippen LogP contribution in [0.1, 0.15) is 24.0 Å². The van der Waals surface area contributed by atoms with Crippen LogP contribution in [0.2, 0.25) is 0 Å². The Morgan fingerprint density at radius 1 is 1.24 bits per heavy atom. The van der Waals surface area contributed by atoms with Gasteiger partial charge in [-0.1, -0.05) is 0 Å². The number of hydrogen-bond donors (Lipinski definition) is 2. The molecule has 1 atom stereocenters. The summed E-state index contributed by atoms with van der Waals surface area (Å²) in [4.78, 5) is 23.5. The third-order valence-electron chi connectivity index (χ3n) is 4.24. The number of carbonyl (C=O) groups is 1. The van der Waals surface area contributed by atoms with Crippen molar-refractivity contribution < 1.29 is 4.79 Å². The fourth-order valence-corrected chi connectivity index (χ4v) is 3.03. The van der Waals surface area contributed by atoms with Gasteiger partial charge in [-0.3, -0.25) is 9.69 Å². The van der Waals surface area contributed by atoms with Crippen molar-refractivity contribution in [1.29, 1.82) is 0 Å². The normalized spacial score (nSPS) is 18.3. The molecule has 134 valence electrons. The van der Waals surface area contributed by atoms with Crippen molar-refractivity contribution in [3.63, 3.8) is 0 Å². The Labute approximate surface area is 147 Å². The first-order valence-corrected chi connectivity index (χ1v) is 8.56. The van der Waals surface area contributed by atoms with Gasteiger partial charge in [-0.05, 0) is 33.8 Å². The van der Waals surface area contributed by atoms with Gasteiger partial charge in [-0.2, -0.15) is 9.78 Å². The van der Waals surface area contributed by atoms with Crippen LogP contribution in [0.15, 0.2) is 12.1 Å². The standard InChI is InChI=1S/C17H25N7O/c1-11-7-12(2)20-17(19-11)24-15(8-13(3)22-24)21-16(25)10-23-6-5-18-9-14(23)4/h7-8,14,18H,5-6,9-10H2,1-4H3,(H,21,25)/t14-/m0/s1. The highest BCUT2D eigenvalue weighted by molar-refractivity contribution is 5.91. The summed E-state index contributed by atoms with van der Waals surface area (Å²) in [5.41, 5.74) is 2.53. The first-order valence-electron chi connectivity index (χ1n) is 8.56. The van der Waals surface area contributed by atoms with E-state index < -0.39 is 0 Å². The van der Waals surface area contributed by atoms with Crippen molar-refractivity contribution in [2.75, 3.05) is 31.5 Å². The zero-order chi connectivity index (χ0) is 18.0. The Morgan fingerprint density at radius 3 is 2.64 bits per heavy atom. The molecule has 0 aliphatic carbocycles. The predicted molar refractivity (Wildman–Crippen MR) is 95.9 cm³/mol. The quantitative estimate of drug-likeness (QED) is 0.855. The molecule has 0 radical (unpaired) electrons. The van der Waals surface area contributed by atoms with Crippen molar-refractivity contribution in [2.24, 2.45) is 0 Å². The van der Waals surface area contributed by atoms with Crippen LogP contribution in [-0.4, -0.2) is 62.8 Å². The minimum atomic E-state index is -0.0562. The molecule has 1 aliphatic rings. The lowest BCUT2D eigenvalue weighted by Crippen LogP contribution is -2.52. The maximum atomic E-state index is 12.5. The lowest BCUT2D eigenvalue weighted by Gasteiger charge is -2.33. The summed E-state index contributed by atoms with van der Waals surface area (Å²) in [6.07, 6.45) is 0. The molecule has 2 N–H and O–H groups in total. The fraction of sp³-hybridized carbons (Fsp3) is 0.529. The van der Waals surface area contributed by atoms with E-state index in [1.807, 2.05) is 32.9 Å². The molecule has 8 nitrogen and oxygen atoms in total. The van der Waals surface area contributed by atoms with Crippen LogP contribution in [0.5, 0.6) is 0 Å². The van der Waals surface area contributed by atoms with Gasteiger partial charge in [0.25, 0.3) is 5.95 Å². The Balaban J connectivity index is 1.77. The molecule has 2 aromatic rings. The summed E-state index contributed by atoms with van der Waals surface area (Å²) in [6, 6.07) is 4.08. The number of rotatable bonds is 4. The van der Waals surface area contributed by atoms with Gasteiger partial charge in [0.2, 0.25) is 5.91 Å². The van der Waals surface area contributed by atoms with Crippen molar-refractivity contribution in [3.05, 3.63) is 29.2 Å². The van der Waals surface area contributed by atoms with E-state index in [2.05, 4.69) is 37.5 Å². The van der Waals surface area contributed by atoms with E-state index >= 15 is 0 Å². The summed E-state index contributed by atoms with van der Waals surface area (Å²) in [5.74, 6) is 1.01. The molecule has 3 heterocycles. The monoisotopic (exact) mass is 343 g/mol. The zero-order valence-corrected chi connectivity index (χ0v) is 15.2. The molecule has 3 rings (SSSR count). The van der Waals surface area contributed by atoms with Gasteiger partial charge < -0.3 is 10.6 Å². The van der Waals surface area contributed by atoms with Crippen LogP contribution in [0, 0.1) is 20.8 Å². The molecular weight excluding hydrogens is 318 g/mol. The molecule has 8 heteroatoms. The number of aromatic nitrogens is 4. The highest BCUT2D eigenvalue weighted by atomic mass is 16.2. The van der Waals surface area contributed by atoms with Gasteiger partial charge >= 0.3 is 0 Å². The zero-order valence-electron chi connectivity index (χ0n) is 15.2. The molecule has 1 amide bonds. The van der Waals surface area contributed by atoms with Crippen molar-refractivity contribution in [3.8, 4) is 5.95 Å². The lowest BCUT2D eigenvalue weighted by atomic mass is 10.2. The summed E-state index contributed by atoms with van der Waals surface area (Å²) in [6.45, 7) is 10.9. The van der Waals surface area contributed by atoms with Crippen LogP contribution in [0.25, 0.3) is 5.95 Å². The summed E-state index contributed by atoms with van der Waals surface area (Å²) in [7, 11) is 0. The lowest BCUT2D eigenvalue weighted by molar-refractivity contribution is -0.118. The predicted octanol–water partition coefficient (Wildman–Crippen LogP) is 0.820. The van der Waals surface area contributed by atoms with Gasteiger partial charge in [0, 0.05) is 43.1 Å². The average molecular weight is 343 g/mol.